The second-order valence-electron chi connectivity index (χ2n) is 10.9. The van der Waals surface area contributed by atoms with Crippen LogP contribution in [0.1, 0.15) is 42.1 Å². The van der Waals surface area contributed by atoms with Crippen LogP contribution in [-0.2, 0) is 36.9 Å². The summed E-state index contributed by atoms with van der Waals surface area (Å²) in [5, 5.41) is 18.0. The van der Waals surface area contributed by atoms with Gasteiger partial charge >= 0.3 is 12.1 Å². The van der Waals surface area contributed by atoms with Crippen molar-refractivity contribution in [3.8, 4) is 0 Å². The molecule has 47 heavy (non-hydrogen) atoms. The van der Waals surface area contributed by atoms with Gasteiger partial charge in [-0.25, -0.2) is 9.59 Å². The fourth-order valence-electron chi connectivity index (χ4n) is 4.80. The number of carbonyl (C=O) groups excluding carboxylic acids is 4. The summed E-state index contributed by atoms with van der Waals surface area (Å²) in [6.45, 7) is 7.08. The highest BCUT2D eigenvalue weighted by molar-refractivity contribution is 5.86. The molecule has 10 heteroatoms. The molecule has 0 aromatic heterocycles. The van der Waals surface area contributed by atoms with Crippen molar-refractivity contribution in [1.82, 2.24) is 16.0 Å². The maximum absolute atomic E-state index is 13.3. The molecule has 3 aromatic rings. The molecule has 0 bridgehead atoms. The highest BCUT2D eigenvalue weighted by Crippen LogP contribution is 2.19. The summed E-state index contributed by atoms with van der Waals surface area (Å²) < 4.78 is 11.1. The van der Waals surface area contributed by atoms with Gasteiger partial charge in [-0.3, -0.25) is 9.59 Å². The zero-order valence-electron chi connectivity index (χ0n) is 26.4. The van der Waals surface area contributed by atoms with E-state index in [-0.39, 0.29) is 44.9 Å². The lowest BCUT2D eigenvalue weighted by Gasteiger charge is -2.24. The third-order valence-corrected chi connectivity index (χ3v) is 7.25. The Morgan fingerprint density at radius 3 is 1.98 bits per heavy atom. The van der Waals surface area contributed by atoms with Crippen LogP contribution >= 0.6 is 0 Å². The maximum atomic E-state index is 13.3. The summed E-state index contributed by atoms with van der Waals surface area (Å²) in [5.41, 5.74) is 2.37. The third-order valence-electron chi connectivity index (χ3n) is 7.25. The summed E-state index contributed by atoms with van der Waals surface area (Å²) in [6.07, 6.45) is 1.98. The summed E-state index contributed by atoms with van der Waals surface area (Å²) in [5.74, 6) is -2.29. The van der Waals surface area contributed by atoms with E-state index >= 15 is 0 Å². The predicted octanol–water partition coefficient (Wildman–Crippen LogP) is 4.56. The number of alkyl carbamates (subject to hydrolysis) is 1. The van der Waals surface area contributed by atoms with Crippen molar-refractivity contribution < 1.29 is 33.8 Å². The van der Waals surface area contributed by atoms with Gasteiger partial charge < -0.3 is 30.5 Å². The Morgan fingerprint density at radius 2 is 1.38 bits per heavy atom. The quantitative estimate of drug-likeness (QED) is 0.111. The van der Waals surface area contributed by atoms with E-state index in [4.69, 9.17) is 9.47 Å². The smallest absolute Gasteiger partial charge is 0.408 e. The molecule has 10 nitrogen and oxygen atoms in total. The lowest BCUT2D eigenvalue weighted by atomic mass is 9.98. The molecular formula is C37H43N3O7. The van der Waals surface area contributed by atoms with E-state index in [2.05, 4.69) is 29.1 Å². The largest absolute Gasteiger partial charge is 0.454 e. The lowest BCUT2D eigenvalue weighted by Crippen LogP contribution is -2.44. The highest BCUT2D eigenvalue weighted by Gasteiger charge is 2.28. The molecule has 0 spiro atoms. The third kappa shape index (κ3) is 13.0. The first-order valence-corrected chi connectivity index (χ1v) is 15.5. The molecule has 0 saturated heterocycles. The second-order valence-corrected chi connectivity index (χ2v) is 10.9. The summed E-state index contributed by atoms with van der Waals surface area (Å²) in [4.78, 5) is 51.9. The molecule has 4 atom stereocenters. The Labute approximate surface area is 275 Å². The van der Waals surface area contributed by atoms with Gasteiger partial charge in [-0.15, -0.1) is 13.2 Å². The van der Waals surface area contributed by atoms with Crippen LogP contribution < -0.4 is 16.0 Å². The van der Waals surface area contributed by atoms with Crippen LogP contribution in [-0.4, -0.2) is 54.2 Å². The molecule has 0 unspecified atom stereocenters. The van der Waals surface area contributed by atoms with E-state index in [9.17, 15) is 24.3 Å². The molecule has 3 amide bonds. The molecule has 0 radical (unpaired) electrons. The number of rotatable bonds is 19. The van der Waals surface area contributed by atoms with E-state index in [1.165, 1.54) is 6.08 Å². The number of hydrogen-bond acceptors (Lipinski definition) is 7. The standard InChI is InChI=1S/C37H43N3O7/c1-3-14-30(23-34(42)39-31(25-41)22-27-16-8-5-9-17-27)35(43)38-24-33(29-20-12-7-13-21-29)47-36(44)32(15-4-2)40-37(45)46-26-28-18-10-6-11-19-28/h3-13,16-21,30-33,41H,1-2,14-15,22-26H2,(H,38,43)(H,39,42)(H,40,45)/t30-,31+,32-,33+/m1/s1. The Bertz CT molecular complexity index is 1430. The number of esters is 1. The van der Waals surface area contributed by atoms with Gasteiger partial charge in [0, 0.05) is 6.42 Å². The molecule has 0 aliphatic carbocycles. The zero-order valence-corrected chi connectivity index (χ0v) is 26.4. The van der Waals surface area contributed by atoms with Crippen molar-refractivity contribution in [3.05, 3.63) is 133 Å². The van der Waals surface area contributed by atoms with Crippen LogP contribution in [0.25, 0.3) is 0 Å². The van der Waals surface area contributed by atoms with Crippen LogP contribution in [0.15, 0.2) is 116 Å². The van der Waals surface area contributed by atoms with Crippen molar-refractivity contribution in [2.45, 2.75) is 50.5 Å². The highest BCUT2D eigenvalue weighted by atomic mass is 16.6. The monoisotopic (exact) mass is 641 g/mol. The van der Waals surface area contributed by atoms with Crippen LogP contribution in [0.3, 0.4) is 0 Å². The van der Waals surface area contributed by atoms with Gasteiger partial charge in [0.2, 0.25) is 11.8 Å². The number of aliphatic hydroxyl groups excluding tert-OH is 1. The number of carbonyl (C=O) groups is 4. The maximum Gasteiger partial charge on any atom is 0.408 e. The van der Waals surface area contributed by atoms with Gasteiger partial charge in [0.05, 0.1) is 25.1 Å². The molecule has 3 aromatic carbocycles. The van der Waals surface area contributed by atoms with Crippen molar-refractivity contribution in [3.63, 3.8) is 0 Å². The molecule has 0 aliphatic heterocycles. The average molecular weight is 642 g/mol. The molecule has 248 valence electrons. The van der Waals surface area contributed by atoms with Crippen LogP contribution in [0.5, 0.6) is 0 Å². The molecule has 0 heterocycles. The molecule has 0 saturated carbocycles. The Kier molecular flexibility index (Phi) is 15.4. The summed E-state index contributed by atoms with van der Waals surface area (Å²) >= 11 is 0. The average Bonchev–Trinajstić information content (AvgIpc) is 3.09. The molecule has 3 rings (SSSR count). The first kappa shape index (κ1) is 36.3. The van der Waals surface area contributed by atoms with E-state index < -0.39 is 42.1 Å². The van der Waals surface area contributed by atoms with Gasteiger partial charge in [0.1, 0.15) is 18.8 Å². The SMILES string of the molecule is C=CC[C@H](CC(=O)N[C@H](CO)Cc1ccccc1)C(=O)NC[C@H](OC(=O)[C@@H](CC=C)NC(=O)OCc1ccccc1)c1ccccc1. The van der Waals surface area contributed by atoms with Gasteiger partial charge in [-0.1, -0.05) is 103 Å². The topological polar surface area (TPSA) is 143 Å². The number of ether oxygens (including phenoxy) is 2. The van der Waals surface area contributed by atoms with Gasteiger partial charge in [0.25, 0.3) is 0 Å². The first-order chi connectivity index (χ1) is 22.8. The molecule has 0 fully saturated rings. The van der Waals surface area contributed by atoms with E-state index in [1.54, 1.807) is 30.3 Å². The van der Waals surface area contributed by atoms with E-state index in [0.29, 0.717) is 12.0 Å². The van der Waals surface area contributed by atoms with Crippen molar-refractivity contribution in [2.75, 3.05) is 13.2 Å². The number of allylic oxidation sites excluding steroid dienone is 1. The minimum Gasteiger partial charge on any atom is -0.454 e. The molecule has 0 aliphatic rings. The van der Waals surface area contributed by atoms with Crippen LogP contribution in [0.4, 0.5) is 4.79 Å². The number of benzene rings is 3. The number of nitrogens with one attached hydrogen (secondary N) is 3. The van der Waals surface area contributed by atoms with Gasteiger partial charge in [-0.2, -0.15) is 0 Å². The Hall–Kier alpha value is -5.22. The number of hydrogen-bond donors (Lipinski definition) is 4. The van der Waals surface area contributed by atoms with Crippen LogP contribution in [0.2, 0.25) is 0 Å². The molecular weight excluding hydrogens is 598 g/mol. The van der Waals surface area contributed by atoms with Crippen LogP contribution in [0, 0.1) is 5.92 Å². The predicted molar refractivity (Wildman–Crippen MR) is 179 cm³/mol. The van der Waals surface area contributed by atoms with Crippen molar-refractivity contribution in [2.24, 2.45) is 5.92 Å². The van der Waals surface area contributed by atoms with Gasteiger partial charge in [0.15, 0.2) is 0 Å². The lowest BCUT2D eigenvalue weighted by molar-refractivity contribution is -0.152. The normalized spacial score (nSPS) is 13.1. The van der Waals surface area contributed by atoms with E-state index in [1.807, 2.05) is 66.7 Å². The molecule has 4 N–H and O–H groups in total. The summed E-state index contributed by atoms with van der Waals surface area (Å²) in [6, 6.07) is 25.9. The first-order valence-electron chi connectivity index (χ1n) is 15.5. The van der Waals surface area contributed by atoms with Crippen molar-refractivity contribution >= 4 is 23.9 Å². The Balaban J connectivity index is 1.61. The van der Waals surface area contributed by atoms with Crippen molar-refractivity contribution in [1.29, 1.82) is 0 Å². The Morgan fingerprint density at radius 1 is 0.787 bits per heavy atom. The minimum absolute atomic E-state index is 0.0266. The fourth-order valence-corrected chi connectivity index (χ4v) is 4.80. The minimum atomic E-state index is -1.08. The number of amides is 3. The van der Waals surface area contributed by atoms with E-state index in [0.717, 1.165) is 11.1 Å². The second kappa shape index (κ2) is 20.0. The zero-order chi connectivity index (χ0) is 33.9. The summed E-state index contributed by atoms with van der Waals surface area (Å²) in [7, 11) is 0. The number of aliphatic hydroxyl groups is 1. The van der Waals surface area contributed by atoms with Gasteiger partial charge in [-0.05, 0) is 36.0 Å². The fraction of sp³-hybridized carbons (Fsp3) is 0.297.